The standard InChI is InChI=1S/C20H30N6O/c1-15-5-2-3-11-25(15)14-18(27)22-10-12-26-20-17(6-4-8-23-20)19(24-26)16-7-9-21-13-16/h4,6,8,15-16,21H,2-3,5,7,9-14H2,1H3,(H,22,27)/t15-,16-/m0/s1. The lowest BCUT2D eigenvalue weighted by atomic mass is 10.0. The molecule has 2 N–H and O–H groups in total. The van der Waals surface area contributed by atoms with Crippen LogP contribution in [0.4, 0.5) is 0 Å². The zero-order valence-corrected chi connectivity index (χ0v) is 16.2. The molecule has 1 amide bonds. The average Bonchev–Trinajstić information content (AvgIpc) is 3.32. The van der Waals surface area contributed by atoms with Gasteiger partial charge in [0.1, 0.15) is 0 Å². The van der Waals surface area contributed by atoms with Crippen LogP contribution in [0.5, 0.6) is 0 Å². The summed E-state index contributed by atoms with van der Waals surface area (Å²) in [5.74, 6) is 0.557. The van der Waals surface area contributed by atoms with Gasteiger partial charge in [-0.05, 0) is 51.4 Å². The summed E-state index contributed by atoms with van der Waals surface area (Å²) in [6, 6.07) is 4.59. The lowest BCUT2D eigenvalue weighted by Crippen LogP contribution is -2.44. The van der Waals surface area contributed by atoms with Crippen LogP contribution in [0.3, 0.4) is 0 Å². The van der Waals surface area contributed by atoms with Gasteiger partial charge in [-0.2, -0.15) is 5.10 Å². The predicted molar refractivity (Wildman–Crippen MR) is 106 cm³/mol. The topological polar surface area (TPSA) is 75.1 Å². The van der Waals surface area contributed by atoms with Gasteiger partial charge in [0.05, 0.1) is 18.8 Å². The summed E-state index contributed by atoms with van der Waals surface area (Å²) in [6.45, 7) is 6.99. The smallest absolute Gasteiger partial charge is 0.234 e. The van der Waals surface area contributed by atoms with Crippen LogP contribution in [-0.2, 0) is 11.3 Å². The van der Waals surface area contributed by atoms with Crippen molar-refractivity contribution in [2.24, 2.45) is 0 Å². The minimum absolute atomic E-state index is 0.105. The van der Waals surface area contributed by atoms with Crippen molar-refractivity contribution < 1.29 is 4.79 Å². The van der Waals surface area contributed by atoms with Crippen molar-refractivity contribution in [3.05, 3.63) is 24.0 Å². The molecule has 0 aromatic carbocycles. The van der Waals surface area contributed by atoms with Gasteiger partial charge in [-0.3, -0.25) is 9.69 Å². The van der Waals surface area contributed by atoms with Crippen molar-refractivity contribution in [1.82, 2.24) is 30.3 Å². The second kappa shape index (κ2) is 8.35. The van der Waals surface area contributed by atoms with Gasteiger partial charge in [-0.15, -0.1) is 0 Å². The van der Waals surface area contributed by atoms with Gasteiger partial charge >= 0.3 is 0 Å². The van der Waals surface area contributed by atoms with E-state index in [0.717, 1.165) is 42.8 Å². The van der Waals surface area contributed by atoms with E-state index in [1.165, 1.54) is 19.3 Å². The highest BCUT2D eigenvalue weighted by atomic mass is 16.2. The molecule has 0 unspecified atom stereocenters. The zero-order chi connectivity index (χ0) is 18.6. The molecule has 2 aliphatic heterocycles. The molecule has 146 valence electrons. The number of fused-ring (bicyclic) bond motifs is 1. The van der Waals surface area contributed by atoms with Gasteiger partial charge < -0.3 is 10.6 Å². The Labute approximate surface area is 160 Å². The van der Waals surface area contributed by atoms with E-state index in [9.17, 15) is 4.79 Å². The number of aromatic nitrogens is 3. The third kappa shape index (κ3) is 4.14. The Morgan fingerprint density at radius 2 is 2.30 bits per heavy atom. The van der Waals surface area contributed by atoms with E-state index < -0.39 is 0 Å². The first-order chi connectivity index (χ1) is 13.2. The van der Waals surface area contributed by atoms with Crippen LogP contribution in [0.1, 0.15) is 44.2 Å². The van der Waals surface area contributed by atoms with Crippen LogP contribution >= 0.6 is 0 Å². The largest absolute Gasteiger partial charge is 0.353 e. The number of hydrogen-bond acceptors (Lipinski definition) is 5. The van der Waals surface area contributed by atoms with E-state index in [0.29, 0.717) is 31.6 Å². The Morgan fingerprint density at radius 3 is 3.11 bits per heavy atom. The molecule has 2 atom stereocenters. The molecule has 0 aliphatic carbocycles. The van der Waals surface area contributed by atoms with Crippen LogP contribution in [0, 0.1) is 0 Å². The molecule has 0 spiro atoms. The van der Waals surface area contributed by atoms with E-state index in [-0.39, 0.29) is 5.91 Å². The summed E-state index contributed by atoms with van der Waals surface area (Å²) in [6.07, 6.45) is 6.59. The molecule has 7 heteroatoms. The number of carbonyl (C=O) groups is 1. The van der Waals surface area contributed by atoms with Crippen LogP contribution < -0.4 is 10.6 Å². The maximum Gasteiger partial charge on any atom is 0.234 e. The van der Waals surface area contributed by atoms with Crippen LogP contribution in [0.2, 0.25) is 0 Å². The van der Waals surface area contributed by atoms with E-state index >= 15 is 0 Å². The second-order valence-corrected chi connectivity index (χ2v) is 7.84. The highest BCUT2D eigenvalue weighted by molar-refractivity contribution is 5.79. The normalized spacial score (nSPS) is 23.7. The van der Waals surface area contributed by atoms with Gasteiger partial charge in [0, 0.05) is 36.6 Å². The van der Waals surface area contributed by atoms with Crippen LogP contribution in [0.25, 0.3) is 11.0 Å². The molecular weight excluding hydrogens is 340 g/mol. The Balaban J connectivity index is 1.37. The van der Waals surface area contributed by atoms with Crippen molar-refractivity contribution in [1.29, 1.82) is 0 Å². The van der Waals surface area contributed by atoms with Gasteiger partial charge in [0.15, 0.2) is 5.65 Å². The Hall–Kier alpha value is -1.99. The summed E-state index contributed by atoms with van der Waals surface area (Å²) in [5.41, 5.74) is 2.05. The van der Waals surface area contributed by atoms with Gasteiger partial charge in [0.25, 0.3) is 0 Å². The van der Waals surface area contributed by atoms with E-state index in [2.05, 4.69) is 33.5 Å². The van der Waals surface area contributed by atoms with Gasteiger partial charge in [-0.25, -0.2) is 9.67 Å². The SMILES string of the molecule is C[C@H]1CCCCN1CC(=O)NCCn1nc([C@H]2CCNC2)c2cccnc21. The van der Waals surface area contributed by atoms with Gasteiger partial charge in [0.2, 0.25) is 5.91 Å². The van der Waals surface area contributed by atoms with E-state index in [1.54, 1.807) is 0 Å². The van der Waals surface area contributed by atoms with Crippen LogP contribution in [0.15, 0.2) is 18.3 Å². The van der Waals surface area contributed by atoms with Crippen molar-refractivity contribution in [2.45, 2.75) is 51.1 Å². The molecule has 2 aliphatic rings. The maximum atomic E-state index is 12.3. The third-order valence-corrected chi connectivity index (χ3v) is 5.92. The van der Waals surface area contributed by atoms with Crippen molar-refractivity contribution in [2.75, 3.05) is 32.7 Å². The Kier molecular flexibility index (Phi) is 5.69. The number of nitrogens with one attached hydrogen (secondary N) is 2. The first-order valence-electron chi connectivity index (χ1n) is 10.3. The fraction of sp³-hybridized carbons (Fsp3) is 0.650. The number of carbonyl (C=O) groups excluding carboxylic acids is 1. The number of nitrogens with zero attached hydrogens (tertiary/aromatic N) is 4. The summed E-state index contributed by atoms with van der Waals surface area (Å²) in [7, 11) is 0. The molecule has 4 rings (SSSR count). The number of pyridine rings is 1. The lowest BCUT2D eigenvalue weighted by Gasteiger charge is -2.32. The number of piperidine rings is 1. The summed E-state index contributed by atoms with van der Waals surface area (Å²) < 4.78 is 1.95. The first kappa shape index (κ1) is 18.4. The number of amides is 1. The van der Waals surface area contributed by atoms with Crippen molar-refractivity contribution in [3.8, 4) is 0 Å². The first-order valence-corrected chi connectivity index (χ1v) is 10.3. The van der Waals surface area contributed by atoms with Gasteiger partial charge in [-0.1, -0.05) is 6.42 Å². The second-order valence-electron chi connectivity index (χ2n) is 7.84. The molecule has 27 heavy (non-hydrogen) atoms. The van der Waals surface area contributed by atoms with Crippen LogP contribution in [-0.4, -0.2) is 64.3 Å². The highest BCUT2D eigenvalue weighted by Crippen LogP contribution is 2.27. The van der Waals surface area contributed by atoms with E-state index in [1.807, 2.05) is 16.9 Å². The van der Waals surface area contributed by atoms with Crippen molar-refractivity contribution in [3.63, 3.8) is 0 Å². The fourth-order valence-corrected chi connectivity index (χ4v) is 4.31. The average molecular weight is 371 g/mol. The minimum atomic E-state index is 0.105. The third-order valence-electron chi connectivity index (χ3n) is 5.92. The molecule has 0 radical (unpaired) electrons. The van der Waals surface area contributed by atoms with Crippen molar-refractivity contribution >= 4 is 16.9 Å². The molecule has 7 nitrogen and oxygen atoms in total. The summed E-state index contributed by atoms with van der Waals surface area (Å²) in [5, 5.41) is 12.5. The molecule has 0 saturated carbocycles. The lowest BCUT2D eigenvalue weighted by molar-refractivity contribution is -0.123. The van der Waals surface area contributed by atoms with E-state index in [4.69, 9.17) is 5.10 Å². The summed E-state index contributed by atoms with van der Waals surface area (Å²) >= 11 is 0. The molecule has 4 heterocycles. The molecular formula is C20H30N6O. The molecule has 0 bridgehead atoms. The number of likely N-dealkylation sites (tertiary alicyclic amines) is 1. The maximum absolute atomic E-state index is 12.3. The highest BCUT2D eigenvalue weighted by Gasteiger charge is 2.24. The molecule has 2 saturated heterocycles. The quantitative estimate of drug-likeness (QED) is 0.806. The minimum Gasteiger partial charge on any atom is -0.353 e. The Bertz CT molecular complexity index is 782. The molecule has 2 aromatic heterocycles. The zero-order valence-electron chi connectivity index (χ0n) is 16.2. The number of rotatable bonds is 6. The Morgan fingerprint density at radius 1 is 1.37 bits per heavy atom. The molecule has 2 aromatic rings. The predicted octanol–water partition coefficient (Wildman–Crippen LogP) is 1.50. The fourth-order valence-electron chi connectivity index (χ4n) is 4.31. The summed E-state index contributed by atoms with van der Waals surface area (Å²) in [4.78, 5) is 19.1. The molecule has 2 fully saturated rings. The number of hydrogen-bond donors (Lipinski definition) is 2. The monoisotopic (exact) mass is 370 g/mol.